The lowest BCUT2D eigenvalue weighted by atomic mass is 9.72. The summed E-state index contributed by atoms with van der Waals surface area (Å²) in [7, 11) is 0. The van der Waals surface area contributed by atoms with Gasteiger partial charge in [-0.3, -0.25) is 4.79 Å². The Hall–Kier alpha value is -2.35. The van der Waals surface area contributed by atoms with Crippen LogP contribution < -0.4 is 4.90 Å². The second-order valence-electron chi connectivity index (χ2n) is 5.74. The Morgan fingerprint density at radius 2 is 1.77 bits per heavy atom. The number of benzene rings is 2. The zero-order valence-electron chi connectivity index (χ0n) is 13.0. The standard InChI is InChI=1S/C20H21NO/c1-3-14-20(16-10-6-5-7-11-16)17-12-8-9-13-18(17)21(15-4-2)19(20)22/h4-13H,2-3,14-15H2,1H3. The molecule has 0 bridgehead atoms. The van der Waals surface area contributed by atoms with E-state index in [4.69, 9.17) is 0 Å². The minimum absolute atomic E-state index is 0.168. The van der Waals surface area contributed by atoms with Crippen molar-refractivity contribution in [2.75, 3.05) is 11.4 Å². The van der Waals surface area contributed by atoms with E-state index in [2.05, 4.69) is 31.7 Å². The smallest absolute Gasteiger partial charge is 0.242 e. The average Bonchev–Trinajstić information content (AvgIpc) is 2.80. The van der Waals surface area contributed by atoms with Gasteiger partial charge < -0.3 is 4.90 Å². The molecule has 0 aromatic heterocycles. The summed E-state index contributed by atoms with van der Waals surface area (Å²) in [4.78, 5) is 15.2. The number of carbonyl (C=O) groups is 1. The van der Waals surface area contributed by atoms with Crippen LogP contribution in [0.3, 0.4) is 0 Å². The van der Waals surface area contributed by atoms with Gasteiger partial charge >= 0.3 is 0 Å². The molecule has 22 heavy (non-hydrogen) atoms. The molecule has 1 amide bonds. The van der Waals surface area contributed by atoms with Crippen LogP contribution in [0.2, 0.25) is 0 Å². The van der Waals surface area contributed by atoms with Crippen LogP contribution in [0.4, 0.5) is 5.69 Å². The number of fused-ring (bicyclic) bond motifs is 1. The minimum atomic E-state index is -0.560. The molecule has 0 N–H and O–H groups in total. The summed E-state index contributed by atoms with van der Waals surface area (Å²) < 4.78 is 0. The predicted octanol–water partition coefficient (Wildman–Crippen LogP) is 4.31. The molecule has 3 rings (SSSR count). The van der Waals surface area contributed by atoms with Crippen molar-refractivity contribution in [3.05, 3.63) is 78.4 Å². The topological polar surface area (TPSA) is 20.3 Å². The predicted molar refractivity (Wildman–Crippen MR) is 91.1 cm³/mol. The molecule has 0 saturated heterocycles. The molecule has 0 saturated carbocycles. The normalized spacial score (nSPS) is 20.0. The third-order valence-corrected chi connectivity index (χ3v) is 4.47. The highest BCUT2D eigenvalue weighted by atomic mass is 16.2. The highest BCUT2D eigenvalue weighted by molar-refractivity contribution is 6.10. The van der Waals surface area contributed by atoms with Crippen LogP contribution in [0, 0.1) is 0 Å². The first-order valence-corrected chi connectivity index (χ1v) is 7.83. The Kier molecular flexibility index (Phi) is 3.84. The first kappa shape index (κ1) is 14.6. The summed E-state index contributed by atoms with van der Waals surface area (Å²) in [6.07, 6.45) is 3.57. The summed E-state index contributed by atoms with van der Waals surface area (Å²) in [6, 6.07) is 18.3. The van der Waals surface area contributed by atoms with Crippen LogP contribution >= 0.6 is 0 Å². The van der Waals surface area contributed by atoms with Gasteiger partial charge in [0.15, 0.2) is 0 Å². The van der Waals surface area contributed by atoms with Crippen molar-refractivity contribution in [1.82, 2.24) is 0 Å². The van der Waals surface area contributed by atoms with Gasteiger partial charge in [0, 0.05) is 12.2 Å². The number of carbonyl (C=O) groups excluding carboxylic acids is 1. The Morgan fingerprint density at radius 3 is 2.45 bits per heavy atom. The van der Waals surface area contributed by atoms with Gasteiger partial charge in [0.05, 0.1) is 0 Å². The van der Waals surface area contributed by atoms with Crippen LogP contribution in [-0.4, -0.2) is 12.5 Å². The van der Waals surface area contributed by atoms with Crippen LogP contribution in [-0.2, 0) is 10.2 Å². The first-order valence-electron chi connectivity index (χ1n) is 7.83. The number of rotatable bonds is 5. The lowest BCUT2D eigenvalue weighted by Crippen LogP contribution is -2.41. The summed E-state index contributed by atoms with van der Waals surface area (Å²) >= 11 is 0. The zero-order chi connectivity index (χ0) is 15.6. The van der Waals surface area contributed by atoms with E-state index in [0.717, 1.165) is 29.7 Å². The Bertz CT molecular complexity index is 692. The number of hydrogen-bond donors (Lipinski definition) is 0. The Morgan fingerprint density at radius 1 is 1.09 bits per heavy atom. The van der Waals surface area contributed by atoms with Gasteiger partial charge in [-0.1, -0.05) is 68.0 Å². The van der Waals surface area contributed by atoms with Crippen molar-refractivity contribution in [2.24, 2.45) is 0 Å². The SMILES string of the molecule is C=CCN1C(=O)C(CCC)(c2ccccc2)c2ccccc21. The molecule has 0 radical (unpaired) electrons. The lowest BCUT2D eigenvalue weighted by Gasteiger charge is -2.29. The van der Waals surface area contributed by atoms with Gasteiger partial charge in [0.1, 0.15) is 5.41 Å². The molecule has 1 aliphatic rings. The first-order chi connectivity index (χ1) is 10.8. The second-order valence-corrected chi connectivity index (χ2v) is 5.74. The average molecular weight is 291 g/mol. The maximum atomic E-state index is 13.3. The molecule has 1 heterocycles. The molecule has 0 spiro atoms. The molecule has 0 fully saturated rings. The van der Waals surface area contributed by atoms with E-state index >= 15 is 0 Å². The van der Waals surface area contributed by atoms with Gasteiger partial charge in [-0.25, -0.2) is 0 Å². The summed E-state index contributed by atoms with van der Waals surface area (Å²) in [5.74, 6) is 0.168. The van der Waals surface area contributed by atoms with E-state index in [0.29, 0.717) is 6.54 Å². The lowest BCUT2D eigenvalue weighted by molar-refractivity contribution is -0.122. The highest BCUT2D eigenvalue weighted by Crippen LogP contribution is 2.48. The monoisotopic (exact) mass is 291 g/mol. The Balaban J connectivity index is 2.26. The molecule has 1 aliphatic heterocycles. The van der Waals surface area contributed by atoms with Crippen molar-refractivity contribution in [3.63, 3.8) is 0 Å². The van der Waals surface area contributed by atoms with Crippen LogP contribution in [0.5, 0.6) is 0 Å². The number of anilines is 1. The molecular weight excluding hydrogens is 270 g/mol. The van der Waals surface area contributed by atoms with Gasteiger partial charge in [-0.15, -0.1) is 6.58 Å². The quantitative estimate of drug-likeness (QED) is 0.752. The second kappa shape index (κ2) is 5.80. The number of amides is 1. The van der Waals surface area contributed by atoms with E-state index in [1.54, 1.807) is 6.08 Å². The van der Waals surface area contributed by atoms with E-state index in [1.807, 2.05) is 41.3 Å². The van der Waals surface area contributed by atoms with Crippen molar-refractivity contribution in [2.45, 2.75) is 25.2 Å². The number of nitrogens with zero attached hydrogens (tertiary/aromatic N) is 1. The van der Waals surface area contributed by atoms with Crippen molar-refractivity contribution >= 4 is 11.6 Å². The Labute approximate surface area is 132 Å². The van der Waals surface area contributed by atoms with E-state index < -0.39 is 5.41 Å². The van der Waals surface area contributed by atoms with E-state index in [-0.39, 0.29) is 5.91 Å². The molecule has 1 atom stereocenters. The van der Waals surface area contributed by atoms with Crippen molar-refractivity contribution < 1.29 is 4.79 Å². The van der Waals surface area contributed by atoms with Gasteiger partial charge in [0.2, 0.25) is 5.91 Å². The maximum absolute atomic E-state index is 13.3. The fraction of sp³-hybridized carbons (Fsp3) is 0.250. The summed E-state index contributed by atoms with van der Waals surface area (Å²) in [6.45, 7) is 6.49. The molecule has 0 aliphatic carbocycles. The van der Waals surface area contributed by atoms with E-state index in [1.165, 1.54) is 0 Å². The molecule has 2 nitrogen and oxygen atoms in total. The van der Waals surface area contributed by atoms with E-state index in [9.17, 15) is 4.79 Å². The molecular formula is C20H21NO. The van der Waals surface area contributed by atoms with Crippen LogP contribution in [0.1, 0.15) is 30.9 Å². The fourth-order valence-electron chi connectivity index (χ4n) is 3.60. The molecule has 2 aromatic rings. The van der Waals surface area contributed by atoms with Gasteiger partial charge in [0.25, 0.3) is 0 Å². The maximum Gasteiger partial charge on any atom is 0.242 e. The highest BCUT2D eigenvalue weighted by Gasteiger charge is 2.50. The molecule has 112 valence electrons. The van der Waals surface area contributed by atoms with Crippen molar-refractivity contribution in [3.8, 4) is 0 Å². The summed E-state index contributed by atoms with van der Waals surface area (Å²) in [5.41, 5.74) is 2.66. The minimum Gasteiger partial charge on any atom is -0.307 e. The third-order valence-electron chi connectivity index (χ3n) is 4.47. The van der Waals surface area contributed by atoms with Gasteiger partial charge in [-0.05, 0) is 23.6 Å². The van der Waals surface area contributed by atoms with Crippen molar-refractivity contribution in [1.29, 1.82) is 0 Å². The van der Waals surface area contributed by atoms with Crippen LogP contribution in [0.15, 0.2) is 67.3 Å². The number of hydrogen-bond acceptors (Lipinski definition) is 1. The molecule has 2 heteroatoms. The third kappa shape index (κ3) is 1.98. The van der Waals surface area contributed by atoms with Gasteiger partial charge in [-0.2, -0.15) is 0 Å². The largest absolute Gasteiger partial charge is 0.307 e. The zero-order valence-corrected chi connectivity index (χ0v) is 13.0. The number of para-hydroxylation sites is 1. The fourth-order valence-corrected chi connectivity index (χ4v) is 3.60. The van der Waals surface area contributed by atoms with Crippen LogP contribution in [0.25, 0.3) is 0 Å². The summed E-state index contributed by atoms with van der Waals surface area (Å²) in [5, 5.41) is 0. The molecule has 2 aromatic carbocycles. The molecule has 1 unspecified atom stereocenters.